The fourth-order valence-electron chi connectivity index (χ4n) is 1.90. The summed E-state index contributed by atoms with van der Waals surface area (Å²) in [6.45, 7) is 2.75. The van der Waals surface area contributed by atoms with E-state index in [0.29, 0.717) is 24.1 Å². The molecular weight excluding hydrogens is 266 g/mol. The highest BCUT2D eigenvalue weighted by atomic mass is 15.2. The second-order valence-corrected chi connectivity index (χ2v) is 4.41. The summed E-state index contributed by atoms with van der Waals surface area (Å²) in [5.74, 6) is 1.81. The molecule has 0 saturated carbocycles. The molecule has 0 bridgehead atoms. The predicted octanol–water partition coefficient (Wildman–Crippen LogP) is 1.47. The van der Waals surface area contributed by atoms with Crippen molar-refractivity contribution in [2.75, 3.05) is 11.9 Å². The Morgan fingerprint density at radius 1 is 1.14 bits per heavy atom. The first kappa shape index (κ1) is 13.2. The van der Waals surface area contributed by atoms with E-state index in [2.05, 4.69) is 30.2 Å². The normalized spacial score (nSPS) is 10.5. The van der Waals surface area contributed by atoms with Gasteiger partial charge in [-0.2, -0.15) is 15.0 Å². The number of nitrogens with zero attached hydrogens (tertiary/aromatic N) is 6. The van der Waals surface area contributed by atoms with E-state index in [1.54, 1.807) is 29.5 Å². The first-order chi connectivity index (χ1) is 10.3. The average Bonchev–Trinajstić information content (AvgIpc) is 3.03. The highest BCUT2D eigenvalue weighted by molar-refractivity contribution is 5.30. The third kappa shape index (κ3) is 3.19. The SMILES string of the molecule is CCNc1nc(Cc2cccnc2)nc(-n2ccnc2)n1. The molecule has 0 aromatic carbocycles. The molecule has 0 amide bonds. The van der Waals surface area contributed by atoms with E-state index in [4.69, 9.17) is 0 Å². The third-order valence-electron chi connectivity index (χ3n) is 2.83. The molecule has 0 radical (unpaired) electrons. The number of aromatic nitrogens is 6. The van der Waals surface area contributed by atoms with Crippen LogP contribution in [0.3, 0.4) is 0 Å². The van der Waals surface area contributed by atoms with E-state index < -0.39 is 0 Å². The van der Waals surface area contributed by atoms with Gasteiger partial charge in [0.1, 0.15) is 12.2 Å². The Balaban J connectivity index is 1.95. The molecule has 0 saturated heterocycles. The van der Waals surface area contributed by atoms with Crippen LogP contribution in [0.15, 0.2) is 43.2 Å². The number of hydrogen-bond acceptors (Lipinski definition) is 6. The zero-order valence-electron chi connectivity index (χ0n) is 11.6. The van der Waals surface area contributed by atoms with Gasteiger partial charge in [-0.3, -0.25) is 9.55 Å². The van der Waals surface area contributed by atoms with Gasteiger partial charge in [-0.25, -0.2) is 4.98 Å². The van der Waals surface area contributed by atoms with Crippen molar-refractivity contribution in [3.8, 4) is 5.95 Å². The van der Waals surface area contributed by atoms with Crippen molar-refractivity contribution in [3.05, 3.63) is 54.6 Å². The van der Waals surface area contributed by atoms with Gasteiger partial charge in [-0.05, 0) is 18.6 Å². The molecular formula is C14H15N7. The number of imidazole rings is 1. The summed E-state index contributed by atoms with van der Waals surface area (Å²) in [6, 6.07) is 3.90. The van der Waals surface area contributed by atoms with Gasteiger partial charge in [-0.1, -0.05) is 6.07 Å². The Kier molecular flexibility index (Phi) is 3.81. The minimum atomic E-state index is 0.553. The van der Waals surface area contributed by atoms with Gasteiger partial charge in [0, 0.05) is 37.8 Å². The van der Waals surface area contributed by atoms with Gasteiger partial charge < -0.3 is 5.32 Å². The van der Waals surface area contributed by atoms with Crippen LogP contribution in [0, 0.1) is 0 Å². The molecule has 106 valence electrons. The number of hydrogen-bond donors (Lipinski definition) is 1. The van der Waals surface area contributed by atoms with Crippen molar-refractivity contribution >= 4 is 5.95 Å². The topological polar surface area (TPSA) is 81.4 Å². The van der Waals surface area contributed by atoms with Crippen LogP contribution in [-0.4, -0.2) is 36.0 Å². The summed E-state index contributed by atoms with van der Waals surface area (Å²) in [5, 5.41) is 3.12. The van der Waals surface area contributed by atoms with Crippen LogP contribution in [-0.2, 0) is 6.42 Å². The van der Waals surface area contributed by atoms with E-state index in [1.165, 1.54) is 0 Å². The molecule has 3 heterocycles. The summed E-state index contributed by atoms with van der Waals surface area (Å²) < 4.78 is 1.76. The predicted molar refractivity (Wildman–Crippen MR) is 78.2 cm³/mol. The highest BCUT2D eigenvalue weighted by Crippen LogP contribution is 2.09. The van der Waals surface area contributed by atoms with Crippen molar-refractivity contribution in [2.24, 2.45) is 0 Å². The maximum atomic E-state index is 4.49. The van der Waals surface area contributed by atoms with E-state index in [1.807, 2.05) is 25.3 Å². The summed E-state index contributed by atoms with van der Waals surface area (Å²) in [5.41, 5.74) is 1.06. The zero-order chi connectivity index (χ0) is 14.5. The second-order valence-electron chi connectivity index (χ2n) is 4.41. The van der Waals surface area contributed by atoms with Crippen LogP contribution in [0.25, 0.3) is 5.95 Å². The van der Waals surface area contributed by atoms with E-state index >= 15 is 0 Å². The molecule has 0 spiro atoms. The van der Waals surface area contributed by atoms with Crippen molar-refractivity contribution in [2.45, 2.75) is 13.3 Å². The monoisotopic (exact) mass is 281 g/mol. The molecule has 0 aliphatic heterocycles. The third-order valence-corrected chi connectivity index (χ3v) is 2.83. The fourth-order valence-corrected chi connectivity index (χ4v) is 1.90. The Labute approximate surface area is 122 Å². The quantitative estimate of drug-likeness (QED) is 0.762. The molecule has 3 aromatic heterocycles. The van der Waals surface area contributed by atoms with Crippen molar-refractivity contribution < 1.29 is 0 Å². The summed E-state index contributed by atoms with van der Waals surface area (Å²) in [7, 11) is 0. The molecule has 0 atom stereocenters. The Morgan fingerprint density at radius 3 is 2.81 bits per heavy atom. The molecule has 0 unspecified atom stereocenters. The van der Waals surface area contributed by atoms with E-state index in [-0.39, 0.29) is 0 Å². The molecule has 21 heavy (non-hydrogen) atoms. The largest absolute Gasteiger partial charge is 0.354 e. The lowest BCUT2D eigenvalue weighted by molar-refractivity contribution is 0.840. The summed E-state index contributed by atoms with van der Waals surface area (Å²) in [6.07, 6.45) is 9.33. The second kappa shape index (κ2) is 6.08. The van der Waals surface area contributed by atoms with Gasteiger partial charge in [-0.15, -0.1) is 0 Å². The zero-order valence-corrected chi connectivity index (χ0v) is 11.6. The van der Waals surface area contributed by atoms with Crippen LogP contribution in [0.5, 0.6) is 0 Å². The lowest BCUT2D eigenvalue weighted by Gasteiger charge is -2.08. The Morgan fingerprint density at radius 2 is 2.10 bits per heavy atom. The smallest absolute Gasteiger partial charge is 0.239 e. The fraction of sp³-hybridized carbons (Fsp3) is 0.214. The molecule has 0 aliphatic rings. The Hall–Kier alpha value is -2.83. The first-order valence-electron chi connectivity index (χ1n) is 6.71. The molecule has 1 N–H and O–H groups in total. The van der Waals surface area contributed by atoms with Gasteiger partial charge in [0.2, 0.25) is 11.9 Å². The lowest BCUT2D eigenvalue weighted by Crippen LogP contribution is -2.11. The van der Waals surface area contributed by atoms with Crippen molar-refractivity contribution in [1.29, 1.82) is 0 Å². The average molecular weight is 281 g/mol. The minimum Gasteiger partial charge on any atom is -0.354 e. The Bertz CT molecular complexity index is 695. The summed E-state index contributed by atoms with van der Waals surface area (Å²) >= 11 is 0. The molecule has 3 aromatic rings. The number of nitrogens with one attached hydrogen (secondary N) is 1. The van der Waals surface area contributed by atoms with Crippen LogP contribution in [0.2, 0.25) is 0 Å². The molecule has 0 aliphatic carbocycles. The highest BCUT2D eigenvalue weighted by Gasteiger charge is 2.08. The molecule has 7 heteroatoms. The number of pyridine rings is 1. The van der Waals surface area contributed by atoms with Gasteiger partial charge in [0.25, 0.3) is 0 Å². The van der Waals surface area contributed by atoms with Crippen LogP contribution >= 0.6 is 0 Å². The van der Waals surface area contributed by atoms with Crippen LogP contribution in [0.1, 0.15) is 18.3 Å². The minimum absolute atomic E-state index is 0.553. The maximum absolute atomic E-state index is 4.49. The molecule has 7 nitrogen and oxygen atoms in total. The van der Waals surface area contributed by atoms with Gasteiger partial charge >= 0.3 is 0 Å². The van der Waals surface area contributed by atoms with Gasteiger partial charge in [0.15, 0.2) is 0 Å². The maximum Gasteiger partial charge on any atom is 0.239 e. The number of anilines is 1. The standard InChI is InChI=1S/C14H15N7/c1-2-17-13-18-12(8-11-4-3-5-15-9-11)19-14(20-13)21-7-6-16-10-21/h3-7,9-10H,2,8H2,1H3,(H,17,18,19,20). The summed E-state index contributed by atoms with van der Waals surface area (Å²) in [4.78, 5) is 21.4. The van der Waals surface area contributed by atoms with Crippen molar-refractivity contribution in [1.82, 2.24) is 29.5 Å². The molecule has 3 rings (SSSR count). The van der Waals surface area contributed by atoms with Crippen molar-refractivity contribution in [3.63, 3.8) is 0 Å². The van der Waals surface area contributed by atoms with Crippen LogP contribution in [0.4, 0.5) is 5.95 Å². The van der Waals surface area contributed by atoms with Crippen LogP contribution < -0.4 is 5.32 Å². The van der Waals surface area contributed by atoms with Gasteiger partial charge in [0.05, 0.1) is 0 Å². The lowest BCUT2D eigenvalue weighted by atomic mass is 10.2. The van der Waals surface area contributed by atoms with E-state index in [9.17, 15) is 0 Å². The molecule has 0 fully saturated rings. The first-order valence-corrected chi connectivity index (χ1v) is 6.71. The number of rotatable bonds is 5. The van der Waals surface area contributed by atoms with E-state index in [0.717, 1.165) is 12.1 Å².